The molecule has 23 heavy (non-hydrogen) atoms. The Kier molecular flexibility index (Phi) is 5.13. The first kappa shape index (κ1) is 16.2. The lowest BCUT2D eigenvalue weighted by Gasteiger charge is -2.22. The van der Waals surface area contributed by atoms with Crippen LogP contribution < -0.4 is 0 Å². The van der Waals surface area contributed by atoms with Crippen molar-refractivity contribution in [1.29, 1.82) is 0 Å². The molecule has 4 heteroatoms. The minimum atomic E-state index is 0.188. The molecule has 0 spiro atoms. The fourth-order valence-electron chi connectivity index (χ4n) is 3.05. The van der Waals surface area contributed by atoms with Crippen LogP contribution in [0.4, 0.5) is 0 Å². The lowest BCUT2D eigenvalue weighted by Crippen LogP contribution is -2.34. The maximum absolute atomic E-state index is 12.5. The molecule has 122 valence electrons. The molecule has 0 radical (unpaired) electrons. The van der Waals surface area contributed by atoms with Crippen molar-refractivity contribution in [2.45, 2.75) is 26.8 Å². The SMILES string of the molecule is Cc1ccc(CN2CCCN(C(=O)c3cccs3)CC2)cc1C. The summed E-state index contributed by atoms with van der Waals surface area (Å²) in [5.74, 6) is 0.188. The Labute approximate surface area is 142 Å². The first-order valence-electron chi connectivity index (χ1n) is 8.25. The van der Waals surface area contributed by atoms with Gasteiger partial charge in [-0.05, 0) is 48.4 Å². The first-order chi connectivity index (χ1) is 11.1. The molecule has 1 aliphatic rings. The van der Waals surface area contributed by atoms with Crippen LogP contribution in [0.15, 0.2) is 35.7 Å². The van der Waals surface area contributed by atoms with Crippen LogP contribution in [-0.4, -0.2) is 41.9 Å². The van der Waals surface area contributed by atoms with E-state index in [1.165, 1.54) is 28.0 Å². The molecule has 0 atom stereocenters. The molecule has 3 rings (SSSR count). The zero-order chi connectivity index (χ0) is 16.2. The van der Waals surface area contributed by atoms with E-state index >= 15 is 0 Å². The number of aryl methyl sites for hydroxylation is 2. The molecule has 0 saturated carbocycles. The van der Waals surface area contributed by atoms with E-state index in [9.17, 15) is 4.79 Å². The number of amides is 1. The molecule has 0 aliphatic carbocycles. The van der Waals surface area contributed by atoms with Crippen LogP contribution in [0.5, 0.6) is 0 Å². The molecule has 1 fully saturated rings. The van der Waals surface area contributed by atoms with Gasteiger partial charge in [-0.3, -0.25) is 9.69 Å². The Bertz CT molecular complexity index is 666. The molecule has 1 aromatic carbocycles. The Morgan fingerprint density at radius 1 is 1.09 bits per heavy atom. The molecule has 0 N–H and O–H groups in total. The van der Waals surface area contributed by atoms with Crippen LogP contribution in [-0.2, 0) is 6.54 Å². The minimum Gasteiger partial charge on any atom is -0.337 e. The van der Waals surface area contributed by atoms with Gasteiger partial charge in [0.2, 0.25) is 0 Å². The molecule has 3 nitrogen and oxygen atoms in total. The van der Waals surface area contributed by atoms with Crippen molar-refractivity contribution < 1.29 is 4.79 Å². The molecule has 1 aromatic heterocycles. The molecule has 1 aliphatic heterocycles. The number of nitrogens with zero attached hydrogens (tertiary/aromatic N) is 2. The van der Waals surface area contributed by atoms with Gasteiger partial charge in [-0.2, -0.15) is 0 Å². The second-order valence-electron chi connectivity index (χ2n) is 6.32. The Morgan fingerprint density at radius 2 is 1.96 bits per heavy atom. The molecule has 1 amide bonds. The maximum Gasteiger partial charge on any atom is 0.263 e. The highest BCUT2D eigenvalue weighted by Gasteiger charge is 2.20. The van der Waals surface area contributed by atoms with Crippen molar-refractivity contribution in [3.8, 4) is 0 Å². The van der Waals surface area contributed by atoms with E-state index < -0.39 is 0 Å². The normalized spacial score (nSPS) is 16.3. The molecule has 2 heterocycles. The predicted molar refractivity (Wildman–Crippen MR) is 96.0 cm³/mol. The van der Waals surface area contributed by atoms with Crippen LogP contribution in [0.2, 0.25) is 0 Å². The van der Waals surface area contributed by atoms with Crippen LogP contribution in [0.25, 0.3) is 0 Å². The Hall–Kier alpha value is -1.65. The van der Waals surface area contributed by atoms with Gasteiger partial charge in [0.1, 0.15) is 0 Å². The van der Waals surface area contributed by atoms with Gasteiger partial charge in [0.25, 0.3) is 5.91 Å². The summed E-state index contributed by atoms with van der Waals surface area (Å²) in [5.41, 5.74) is 4.07. The number of hydrogen-bond donors (Lipinski definition) is 0. The van der Waals surface area contributed by atoms with Crippen molar-refractivity contribution in [2.24, 2.45) is 0 Å². The fourth-order valence-corrected chi connectivity index (χ4v) is 3.74. The second kappa shape index (κ2) is 7.28. The second-order valence-corrected chi connectivity index (χ2v) is 7.27. The third kappa shape index (κ3) is 4.01. The molecular weight excluding hydrogens is 304 g/mol. The van der Waals surface area contributed by atoms with Crippen molar-refractivity contribution >= 4 is 17.2 Å². The number of benzene rings is 1. The van der Waals surface area contributed by atoms with Crippen LogP contribution in [0, 0.1) is 13.8 Å². The average Bonchev–Trinajstić information content (AvgIpc) is 2.98. The average molecular weight is 328 g/mol. The summed E-state index contributed by atoms with van der Waals surface area (Å²) in [4.78, 5) is 17.8. The molecule has 2 aromatic rings. The van der Waals surface area contributed by atoms with E-state index in [0.29, 0.717) is 0 Å². The van der Waals surface area contributed by atoms with E-state index in [0.717, 1.165) is 44.0 Å². The quantitative estimate of drug-likeness (QED) is 0.857. The van der Waals surface area contributed by atoms with E-state index in [4.69, 9.17) is 0 Å². The summed E-state index contributed by atoms with van der Waals surface area (Å²) in [6, 6.07) is 10.6. The number of hydrogen-bond acceptors (Lipinski definition) is 3. The summed E-state index contributed by atoms with van der Waals surface area (Å²) in [6.45, 7) is 8.98. The lowest BCUT2D eigenvalue weighted by atomic mass is 10.1. The monoisotopic (exact) mass is 328 g/mol. The summed E-state index contributed by atoms with van der Waals surface area (Å²) in [5, 5.41) is 1.97. The highest BCUT2D eigenvalue weighted by atomic mass is 32.1. The zero-order valence-electron chi connectivity index (χ0n) is 13.9. The van der Waals surface area contributed by atoms with Crippen LogP contribution in [0.1, 0.15) is 32.8 Å². The molecule has 0 bridgehead atoms. The summed E-state index contributed by atoms with van der Waals surface area (Å²) in [7, 11) is 0. The maximum atomic E-state index is 12.5. The van der Waals surface area contributed by atoms with E-state index in [1.807, 2.05) is 22.4 Å². The van der Waals surface area contributed by atoms with Crippen molar-refractivity contribution in [1.82, 2.24) is 9.80 Å². The van der Waals surface area contributed by atoms with Gasteiger partial charge in [-0.25, -0.2) is 0 Å². The van der Waals surface area contributed by atoms with Crippen molar-refractivity contribution in [3.05, 3.63) is 57.3 Å². The Balaban J connectivity index is 1.60. The van der Waals surface area contributed by atoms with E-state index in [2.05, 4.69) is 36.9 Å². The molecule has 1 saturated heterocycles. The summed E-state index contributed by atoms with van der Waals surface area (Å²) in [6.07, 6.45) is 1.04. The number of carbonyl (C=O) groups excluding carboxylic acids is 1. The molecule has 0 unspecified atom stereocenters. The van der Waals surface area contributed by atoms with Gasteiger partial charge >= 0.3 is 0 Å². The number of carbonyl (C=O) groups is 1. The Morgan fingerprint density at radius 3 is 2.70 bits per heavy atom. The van der Waals surface area contributed by atoms with Crippen molar-refractivity contribution in [3.63, 3.8) is 0 Å². The summed E-state index contributed by atoms with van der Waals surface area (Å²) >= 11 is 1.53. The third-order valence-electron chi connectivity index (χ3n) is 4.59. The smallest absolute Gasteiger partial charge is 0.263 e. The third-order valence-corrected chi connectivity index (χ3v) is 5.44. The van der Waals surface area contributed by atoms with Gasteiger partial charge in [-0.15, -0.1) is 11.3 Å². The van der Waals surface area contributed by atoms with Gasteiger partial charge in [0, 0.05) is 32.7 Å². The summed E-state index contributed by atoms with van der Waals surface area (Å²) < 4.78 is 0. The largest absolute Gasteiger partial charge is 0.337 e. The van der Waals surface area contributed by atoms with Crippen LogP contribution >= 0.6 is 11.3 Å². The fraction of sp³-hybridized carbons (Fsp3) is 0.421. The van der Waals surface area contributed by atoms with Gasteiger partial charge in [0.15, 0.2) is 0 Å². The minimum absolute atomic E-state index is 0.188. The van der Waals surface area contributed by atoms with Gasteiger partial charge < -0.3 is 4.90 Å². The standard InChI is InChI=1S/C19H24N2OS/c1-15-6-7-17(13-16(15)2)14-20-8-4-9-21(11-10-20)19(22)18-5-3-12-23-18/h3,5-7,12-13H,4,8-11,14H2,1-2H3. The zero-order valence-corrected chi connectivity index (χ0v) is 14.7. The predicted octanol–water partition coefficient (Wildman–Crippen LogP) is 3.71. The van der Waals surface area contributed by atoms with Gasteiger partial charge in [-0.1, -0.05) is 24.3 Å². The van der Waals surface area contributed by atoms with Crippen molar-refractivity contribution in [2.75, 3.05) is 26.2 Å². The topological polar surface area (TPSA) is 23.6 Å². The number of rotatable bonds is 3. The van der Waals surface area contributed by atoms with Gasteiger partial charge in [0.05, 0.1) is 4.88 Å². The first-order valence-corrected chi connectivity index (χ1v) is 9.13. The lowest BCUT2D eigenvalue weighted by molar-refractivity contribution is 0.0766. The van der Waals surface area contributed by atoms with E-state index in [1.54, 1.807) is 0 Å². The highest BCUT2D eigenvalue weighted by Crippen LogP contribution is 2.16. The highest BCUT2D eigenvalue weighted by molar-refractivity contribution is 7.12. The van der Waals surface area contributed by atoms with Crippen LogP contribution in [0.3, 0.4) is 0 Å². The van der Waals surface area contributed by atoms with E-state index in [-0.39, 0.29) is 5.91 Å². The number of thiophene rings is 1. The molecular formula is C19H24N2OS.